The van der Waals surface area contributed by atoms with Gasteiger partial charge in [-0.25, -0.2) is 22.9 Å². The predicted molar refractivity (Wildman–Crippen MR) is 138 cm³/mol. The molecule has 0 spiro atoms. The van der Waals surface area contributed by atoms with Crippen molar-refractivity contribution in [1.29, 1.82) is 0 Å². The van der Waals surface area contributed by atoms with E-state index >= 15 is 0 Å². The van der Waals surface area contributed by atoms with Gasteiger partial charge in [-0.2, -0.15) is 0 Å². The largest absolute Gasteiger partial charge is 0.414 e. The van der Waals surface area contributed by atoms with Crippen molar-refractivity contribution in [3.8, 4) is 5.88 Å². The SMILES string of the molecule is COCCNC(=O)Oc1ccc(C(=O)NS(=O)(=O)c2cccc(CCNC(=O)Cc3ccccc3)c2)cn1. The average molecular weight is 541 g/mol. The Morgan fingerprint density at radius 1 is 0.895 bits per heavy atom. The number of methoxy groups -OCH3 is 1. The van der Waals surface area contributed by atoms with E-state index in [1.165, 1.54) is 31.4 Å². The summed E-state index contributed by atoms with van der Waals surface area (Å²) in [5.74, 6) is -1.10. The quantitative estimate of drug-likeness (QED) is 0.294. The van der Waals surface area contributed by atoms with Crippen LogP contribution in [0.15, 0.2) is 77.8 Å². The van der Waals surface area contributed by atoms with Gasteiger partial charge < -0.3 is 20.1 Å². The molecule has 0 unspecified atom stereocenters. The molecule has 2 aromatic carbocycles. The van der Waals surface area contributed by atoms with E-state index in [1.54, 1.807) is 12.1 Å². The zero-order valence-corrected chi connectivity index (χ0v) is 21.5. The lowest BCUT2D eigenvalue weighted by Gasteiger charge is -2.10. The molecule has 0 fully saturated rings. The third-order valence-electron chi connectivity index (χ3n) is 5.15. The van der Waals surface area contributed by atoms with E-state index in [0.29, 0.717) is 25.1 Å². The fourth-order valence-corrected chi connectivity index (χ4v) is 4.30. The number of carbonyl (C=O) groups is 3. The molecule has 3 N–H and O–H groups in total. The number of sulfonamides is 1. The van der Waals surface area contributed by atoms with Crippen molar-refractivity contribution in [2.75, 3.05) is 26.8 Å². The first kappa shape index (κ1) is 28.3. The standard InChI is InChI=1S/C26H28N4O7S/c1-36-15-14-28-26(33)37-24-11-10-21(18-29-24)25(32)30-38(34,35)22-9-5-8-20(16-22)12-13-27-23(31)17-19-6-3-2-4-7-19/h2-11,16,18H,12-15,17H2,1H3,(H,27,31)(H,28,33)(H,30,32). The Morgan fingerprint density at radius 3 is 2.37 bits per heavy atom. The molecular formula is C26H28N4O7S. The maximum absolute atomic E-state index is 12.8. The molecular weight excluding hydrogens is 512 g/mol. The van der Waals surface area contributed by atoms with Gasteiger partial charge in [0.05, 0.1) is 23.5 Å². The van der Waals surface area contributed by atoms with Crippen molar-refractivity contribution in [2.24, 2.45) is 0 Å². The number of nitrogens with one attached hydrogen (secondary N) is 3. The van der Waals surface area contributed by atoms with Gasteiger partial charge in [-0.1, -0.05) is 42.5 Å². The van der Waals surface area contributed by atoms with Crippen LogP contribution in [0.4, 0.5) is 4.79 Å². The summed E-state index contributed by atoms with van der Waals surface area (Å²) < 4.78 is 37.3. The smallest absolute Gasteiger partial charge is 0.391 e. The van der Waals surface area contributed by atoms with Crippen molar-refractivity contribution in [3.05, 3.63) is 89.6 Å². The zero-order valence-electron chi connectivity index (χ0n) is 20.7. The number of nitrogens with zero attached hydrogens (tertiary/aromatic N) is 1. The Labute approximate surface area is 220 Å². The molecule has 0 saturated heterocycles. The number of amides is 3. The fraction of sp³-hybridized carbons (Fsp3) is 0.231. The lowest BCUT2D eigenvalue weighted by Crippen LogP contribution is -2.31. The molecule has 1 heterocycles. The topological polar surface area (TPSA) is 153 Å². The van der Waals surface area contributed by atoms with Gasteiger partial charge in [-0.15, -0.1) is 0 Å². The maximum atomic E-state index is 12.8. The molecule has 38 heavy (non-hydrogen) atoms. The lowest BCUT2D eigenvalue weighted by atomic mass is 10.1. The van der Waals surface area contributed by atoms with Crippen molar-refractivity contribution in [2.45, 2.75) is 17.7 Å². The minimum atomic E-state index is -4.18. The second-order valence-electron chi connectivity index (χ2n) is 8.04. The van der Waals surface area contributed by atoms with Gasteiger partial charge in [-0.05, 0) is 35.7 Å². The highest BCUT2D eigenvalue weighted by atomic mass is 32.2. The van der Waals surface area contributed by atoms with Gasteiger partial charge in [0, 0.05) is 32.5 Å². The predicted octanol–water partition coefficient (Wildman–Crippen LogP) is 1.84. The molecule has 1 aromatic heterocycles. The van der Waals surface area contributed by atoms with E-state index < -0.39 is 22.0 Å². The van der Waals surface area contributed by atoms with Gasteiger partial charge in [0.2, 0.25) is 11.8 Å². The highest BCUT2D eigenvalue weighted by molar-refractivity contribution is 7.90. The summed E-state index contributed by atoms with van der Waals surface area (Å²) in [7, 11) is -2.68. The summed E-state index contributed by atoms with van der Waals surface area (Å²) in [5.41, 5.74) is 1.53. The lowest BCUT2D eigenvalue weighted by molar-refractivity contribution is -0.120. The Bertz CT molecular complexity index is 1350. The van der Waals surface area contributed by atoms with Gasteiger partial charge in [0.15, 0.2) is 0 Å². The summed E-state index contributed by atoms with van der Waals surface area (Å²) >= 11 is 0. The highest BCUT2D eigenvalue weighted by Gasteiger charge is 2.20. The van der Waals surface area contributed by atoms with Crippen LogP contribution in [0.1, 0.15) is 21.5 Å². The maximum Gasteiger partial charge on any atom is 0.414 e. The number of hydrogen-bond donors (Lipinski definition) is 3. The van der Waals surface area contributed by atoms with Gasteiger partial charge >= 0.3 is 6.09 Å². The fourth-order valence-electron chi connectivity index (χ4n) is 3.26. The molecule has 0 atom stereocenters. The van der Waals surface area contributed by atoms with Gasteiger partial charge in [-0.3, -0.25) is 9.59 Å². The van der Waals surface area contributed by atoms with E-state index in [9.17, 15) is 22.8 Å². The first-order valence-electron chi connectivity index (χ1n) is 11.6. The summed E-state index contributed by atoms with van der Waals surface area (Å²) in [6, 6.07) is 18.0. The van der Waals surface area contributed by atoms with Crippen LogP contribution in [-0.2, 0) is 32.4 Å². The molecule has 0 aliphatic rings. The van der Waals surface area contributed by atoms with E-state index in [2.05, 4.69) is 15.6 Å². The number of ether oxygens (including phenoxy) is 2. The highest BCUT2D eigenvalue weighted by Crippen LogP contribution is 2.14. The van der Waals surface area contributed by atoms with Crippen LogP contribution >= 0.6 is 0 Å². The van der Waals surface area contributed by atoms with Gasteiger partial charge in [0.25, 0.3) is 15.9 Å². The van der Waals surface area contributed by atoms with E-state index in [1.807, 2.05) is 35.1 Å². The van der Waals surface area contributed by atoms with E-state index in [0.717, 1.165) is 11.8 Å². The van der Waals surface area contributed by atoms with E-state index in [4.69, 9.17) is 9.47 Å². The number of benzene rings is 2. The number of rotatable bonds is 12. The Morgan fingerprint density at radius 2 is 1.66 bits per heavy atom. The molecule has 0 saturated carbocycles. The van der Waals surface area contributed by atoms with Crippen molar-refractivity contribution in [3.63, 3.8) is 0 Å². The number of pyridine rings is 1. The summed E-state index contributed by atoms with van der Waals surface area (Å²) in [5, 5.41) is 5.26. The van der Waals surface area contributed by atoms with E-state index in [-0.39, 0.29) is 35.2 Å². The first-order valence-corrected chi connectivity index (χ1v) is 13.1. The third kappa shape index (κ3) is 8.98. The number of carbonyl (C=O) groups excluding carboxylic acids is 3. The van der Waals surface area contributed by atoms with Crippen LogP contribution in [0, 0.1) is 0 Å². The second-order valence-corrected chi connectivity index (χ2v) is 9.72. The van der Waals surface area contributed by atoms with Crippen LogP contribution < -0.4 is 20.1 Å². The Kier molecular flexibility index (Phi) is 10.3. The monoisotopic (exact) mass is 540 g/mol. The summed E-state index contributed by atoms with van der Waals surface area (Å²) in [4.78, 5) is 40.0. The number of hydrogen-bond acceptors (Lipinski definition) is 8. The van der Waals surface area contributed by atoms with Crippen molar-refractivity contribution in [1.82, 2.24) is 20.3 Å². The van der Waals surface area contributed by atoms with Crippen LogP contribution in [0.2, 0.25) is 0 Å². The van der Waals surface area contributed by atoms with Crippen molar-refractivity contribution < 1.29 is 32.3 Å². The second kappa shape index (κ2) is 13.9. The average Bonchev–Trinajstić information content (AvgIpc) is 2.90. The molecule has 0 bridgehead atoms. The summed E-state index contributed by atoms with van der Waals surface area (Å²) in [6.45, 7) is 0.883. The number of aromatic nitrogens is 1. The zero-order chi connectivity index (χ0) is 27.4. The third-order valence-corrected chi connectivity index (χ3v) is 6.48. The molecule has 0 aliphatic heterocycles. The molecule has 0 radical (unpaired) electrons. The first-order chi connectivity index (χ1) is 18.3. The van der Waals surface area contributed by atoms with Crippen LogP contribution in [-0.4, -0.2) is 58.1 Å². The Balaban J connectivity index is 1.52. The van der Waals surface area contributed by atoms with Crippen LogP contribution in [0.25, 0.3) is 0 Å². The van der Waals surface area contributed by atoms with Crippen molar-refractivity contribution >= 4 is 27.9 Å². The molecule has 12 heteroatoms. The normalized spacial score (nSPS) is 10.9. The van der Waals surface area contributed by atoms with Gasteiger partial charge in [0.1, 0.15) is 0 Å². The minimum absolute atomic E-state index is 0.0435. The molecule has 0 aliphatic carbocycles. The molecule has 3 aromatic rings. The molecule has 3 amide bonds. The molecule has 11 nitrogen and oxygen atoms in total. The van der Waals surface area contributed by atoms with Crippen LogP contribution in [0.5, 0.6) is 5.88 Å². The summed E-state index contributed by atoms with van der Waals surface area (Å²) in [6.07, 6.45) is 1.01. The molecule has 200 valence electrons. The minimum Gasteiger partial charge on any atom is -0.391 e. The molecule has 3 rings (SSSR count). The van der Waals surface area contributed by atoms with Crippen LogP contribution in [0.3, 0.4) is 0 Å². The Hall–Kier alpha value is -4.29.